The summed E-state index contributed by atoms with van der Waals surface area (Å²) < 4.78 is 5.42. The van der Waals surface area contributed by atoms with Crippen LogP contribution in [-0.2, 0) is 6.42 Å². The van der Waals surface area contributed by atoms with E-state index in [0.717, 1.165) is 31.2 Å². The Hall–Kier alpha value is -1.75. The third-order valence-electron chi connectivity index (χ3n) is 4.25. The molecule has 0 aromatic heterocycles. The van der Waals surface area contributed by atoms with Crippen LogP contribution in [0.2, 0.25) is 0 Å². The van der Waals surface area contributed by atoms with Gasteiger partial charge in [-0.15, -0.1) is 0 Å². The number of methoxy groups -OCH3 is 1. The molecular weight excluding hydrogens is 288 g/mol. The lowest BCUT2D eigenvalue weighted by Crippen LogP contribution is -2.51. The van der Waals surface area contributed by atoms with Gasteiger partial charge in [0.05, 0.1) is 7.11 Å². The second-order valence-electron chi connectivity index (χ2n) is 6.62. The number of hydrogen-bond donors (Lipinski definition) is 2. The van der Waals surface area contributed by atoms with Crippen molar-refractivity contribution >= 4 is 5.96 Å². The van der Waals surface area contributed by atoms with Gasteiger partial charge in [-0.3, -0.25) is 4.99 Å². The second-order valence-corrected chi connectivity index (χ2v) is 6.62. The molecule has 5 nitrogen and oxygen atoms in total. The minimum absolute atomic E-state index is 0.0668. The van der Waals surface area contributed by atoms with Crippen LogP contribution in [0.4, 0.5) is 0 Å². The number of nitrogens with one attached hydrogen (secondary N) is 2. The van der Waals surface area contributed by atoms with Crippen LogP contribution in [0.3, 0.4) is 0 Å². The Morgan fingerprint density at radius 3 is 2.52 bits per heavy atom. The maximum atomic E-state index is 5.42. The smallest absolute Gasteiger partial charge is 0.191 e. The highest BCUT2D eigenvalue weighted by molar-refractivity contribution is 5.79. The Balaban J connectivity index is 2.52. The molecule has 0 aliphatic carbocycles. The molecule has 0 bridgehead atoms. The zero-order chi connectivity index (χ0) is 17.5. The molecule has 0 saturated carbocycles. The van der Waals surface area contributed by atoms with Crippen molar-refractivity contribution in [3.8, 4) is 5.75 Å². The first-order valence-corrected chi connectivity index (χ1v) is 8.05. The van der Waals surface area contributed by atoms with Gasteiger partial charge in [-0.1, -0.05) is 17.7 Å². The normalized spacial score (nSPS) is 12.4. The van der Waals surface area contributed by atoms with E-state index in [1.165, 1.54) is 11.1 Å². The fourth-order valence-corrected chi connectivity index (χ4v) is 2.10. The number of aliphatic imine (C=N–C) groups is 1. The van der Waals surface area contributed by atoms with Crippen molar-refractivity contribution in [1.29, 1.82) is 0 Å². The van der Waals surface area contributed by atoms with Crippen LogP contribution in [-0.4, -0.2) is 57.7 Å². The highest BCUT2D eigenvalue weighted by Crippen LogP contribution is 2.19. The van der Waals surface area contributed by atoms with Gasteiger partial charge in [0.15, 0.2) is 5.96 Å². The number of ether oxygens (including phenoxy) is 1. The maximum absolute atomic E-state index is 5.42. The van der Waals surface area contributed by atoms with E-state index in [2.05, 4.69) is 67.5 Å². The van der Waals surface area contributed by atoms with Gasteiger partial charge in [0.25, 0.3) is 0 Å². The monoisotopic (exact) mass is 320 g/mol. The largest absolute Gasteiger partial charge is 0.496 e. The first-order chi connectivity index (χ1) is 10.8. The summed E-state index contributed by atoms with van der Waals surface area (Å²) in [6.45, 7) is 8.13. The van der Waals surface area contributed by atoms with Crippen LogP contribution >= 0.6 is 0 Å². The molecule has 1 aromatic carbocycles. The van der Waals surface area contributed by atoms with E-state index in [1.54, 1.807) is 14.2 Å². The van der Waals surface area contributed by atoms with E-state index >= 15 is 0 Å². The number of rotatable bonds is 7. The van der Waals surface area contributed by atoms with Crippen molar-refractivity contribution in [2.75, 3.05) is 41.3 Å². The highest BCUT2D eigenvalue weighted by Gasteiger charge is 2.20. The van der Waals surface area contributed by atoms with Crippen LogP contribution in [0.15, 0.2) is 23.2 Å². The molecule has 23 heavy (non-hydrogen) atoms. The van der Waals surface area contributed by atoms with Crippen molar-refractivity contribution in [3.63, 3.8) is 0 Å². The number of hydrogen-bond acceptors (Lipinski definition) is 3. The zero-order valence-electron chi connectivity index (χ0n) is 15.7. The predicted molar refractivity (Wildman–Crippen MR) is 98.6 cm³/mol. The van der Waals surface area contributed by atoms with Crippen LogP contribution < -0.4 is 15.4 Å². The van der Waals surface area contributed by atoms with Gasteiger partial charge in [0, 0.05) is 25.7 Å². The lowest BCUT2D eigenvalue weighted by molar-refractivity contribution is 0.197. The van der Waals surface area contributed by atoms with E-state index in [-0.39, 0.29) is 5.54 Å². The second kappa shape index (κ2) is 8.77. The molecule has 0 radical (unpaired) electrons. The Morgan fingerprint density at radius 2 is 1.96 bits per heavy atom. The molecule has 0 atom stereocenters. The summed E-state index contributed by atoms with van der Waals surface area (Å²) in [4.78, 5) is 6.49. The maximum Gasteiger partial charge on any atom is 0.191 e. The molecule has 0 spiro atoms. The number of nitrogens with zero attached hydrogens (tertiary/aromatic N) is 2. The molecule has 0 unspecified atom stereocenters. The average molecular weight is 320 g/mol. The Morgan fingerprint density at radius 1 is 1.26 bits per heavy atom. The quantitative estimate of drug-likeness (QED) is 0.596. The topological polar surface area (TPSA) is 48.9 Å². The van der Waals surface area contributed by atoms with Gasteiger partial charge in [-0.05, 0) is 52.9 Å². The lowest BCUT2D eigenvalue weighted by atomic mass is 10.0. The summed E-state index contributed by atoms with van der Waals surface area (Å²) >= 11 is 0. The summed E-state index contributed by atoms with van der Waals surface area (Å²) in [7, 11) is 7.68. The molecular formula is C18H32N4O. The first-order valence-electron chi connectivity index (χ1n) is 8.05. The van der Waals surface area contributed by atoms with Crippen LogP contribution in [0.1, 0.15) is 25.0 Å². The Labute approximate surface area is 141 Å². The average Bonchev–Trinajstić information content (AvgIpc) is 2.50. The van der Waals surface area contributed by atoms with Crippen molar-refractivity contribution in [2.24, 2.45) is 4.99 Å². The van der Waals surface area contributed by atoms with Gasteiger partial charge in [-0.25, -0.2) is 0 Å². The molecule has 1 rings (SSSR count). The fourth-order valence-electron chi connectivity index (χ4n) is 2.10. The van der Waals surface area contributed by atoms with Crippen molar-refractivity contribution in [1.82, 2.24) is 15.5 Å². The zero-order valence-corrected chi connectivity index (χ0v) is 15.7. The van der Waals surface area contributed by atoms with Crippen molar-refractivity contribution in [3.05, 3.63) is 29.3 Å². The van der Waals surface area contributed by atoms with Gasteiger partial charge >= 0.3 is 0 Å². The highest BCUT2D eigenvalue weighted by atomic mass is 16.5. The van der Waals surface area contributed by atoms with Gasteiger partial charge in [0.2, 0.25) is 0 Å². The van der Waals surface area contributed by atoms with Crippen LogP contribution in [0.25, 0.3) is 0 Å². The van der Waals surface area contributed by atoms with E-state index in [0.29, 0.717) is 0 Å². The first kappa shape index (κ1) is 19.3. The number of benzene rings is 1. The molecule has 0 saturated heterocycles. The lowest BCUT2D eigenvalue weighted by Gasteiger charge is -2.33. The molecule has 0 heterocycles. The third kappa shape index (κ3) is 6.10. The van der Waals surface area contributed by atoms with Gasteiger partial charge < -0.3 is 20.3 Å². The fraction of sp³-hybridized carbons (Fsp3) is 0.611. The molecule has 0 fully saturated rings. The summed E-state index contributed by atoms with van der Waals surface area (Å²) in [5.74, 6) is 1.76. The minimum atomic E-state index is 0.0668. The summed E-state index contributed by atoms with van der Waals surface area (Å²) in [6, 6.07) is 6.27. The molecule has 1 aromatic rings. The van der Waals surface area contributed by atoms with Gasteiger partial charge in [-0.2, -0.15) is 0 Å². The molecule has 0 aliphatic heterocycles. The third-order valence-corrected chi connectivity index (χ3v) is 4.25. The summed E-state index contributed by atoms with van der Waals surface area (Å²) in [5, 5.41) is 6.75. The number of aryl methyl sites for hydroxylation is 1. The SMILES string of the molecule is CN=C(NCCc1cc(C)ccc1OC)NCC(C)(C)N(C)C. The molecule has 5 heteroatoms. The number of likely N-dealkylation sites (N-methyl/N-ethyl adjacent to an activating group) is 1. The van der Waals surface area contributed by atoms with Gasteiger partial charge in [0.1, 0.15) is 5.75 Å². The van der Waals surface area contributed by atoms with E-state index in [4.69, 9.17) is 4.74 Å². The Kier molecular flexibility index (Phi) is 7.36. The van der Waals surface area contributed by atoms with E-state index in [9.17, 15) is 0 Å². The minimum Gasteiger partial charge on any atom is -0.496 e. The van der Waals surface area contributed by atoms with Crippen LogP contribution in [0.5, 0.6) is 5.75 Å². The molecule has 0 amide bonds. The van der Waals surface area contributed by atoms with Crippen molar-refractivity contribution < 1.29 is 4.74 Å². The van der Waals surface area contributed by atoms with E-state index < -0.39 is 0 Å². The number of guanidine groups is 1. The standard InChI is InChI=1S/C18H32N4O/c1-14-8-9-16(23-7)15(12-14)10-11-20-17(19-4)21-13-18(2,3)22(5)6/h8-9,12H,10-11,13H2,1-7H3,(H2,19,20,21). The van der Waals surface area contributed by atoms with Crippen LogP contribution in [0, 0.1) is 6.92 Å². The molecule has 130 valence electrons. The summed E-state index contributed by atoms with van der Waals surface area (Å²) in [6.07, 6.45) is 0.891. The summed E-state index contributed by atoms with van der Waals surface area (Å²) in [5.41, 5.74) is 2.53. The van der Waals surface area contributed by atoms with Crippen molar-refractivity contribution in [2.45, 2.75) is 32.7 Å². The Bertz CT molecular complexity index is 524. The molecule has 0 aliphatic rings. The predicted octanol–water partition coefficient (Wildman–Crippen LogP) is 2.05. The molecule has 2 N–H and O–H groups in total. The van der Waals surface area contributed by atoms with E-state index in [1.807, 2.05) is 6.07 Å².